The van der Waals surface area contributed by atoms with Gasteiger partial charge in [0.1, 0.15) is 11.5 Å². The van der Waals surface area contributed by atoms with Crippen LogP contribution in [0.25, 0.3) is 22.2 Å². The number of sulfonamides is 1. The van der Waals surface area contributed by atoms with Crippen LogP contribution in [0.3, 0.4) is 0 Å². The van der Waals surface area contributed by atoms with Crippen LogP contribution >= 0.6 is 0 Å². The molecular formula is C22H20N2O5S. The van der Waals surface area contributed by atoms with E-state index in [0.717, 1.165) is 39.7 Å². The predicted molar refractivity (Wildman–Crippen MR) is 114 cm³/mol. The second-order valence-corrected chi connectivity index (χ2v) is 8.65. The highest BCUT2D eigenvalue weighted by Gasteiger charge is 2.19. The number of aromatic amines is 1. The van der Waals surface area contributed by atoms with E-state index in [1.807, 2.05) is 53.3 Å². The molecule has 2 aromatic carbocycles. The van der Waals surface area contributed by atoms with Gasteiger partial charge in [-0.2, -0.15) is 0 Å². The summed E-state index contributed by atoms with van der Waals surface area (Å²) in [4.78, 5) is 15.5. The van der Waals surface area contributed by atoms with Crippen molar-refractivity contribution in [2.45, 2.75) is 6.42 Å². The van der Waals surface area contributed by atoms with Gasteiger partial charge in [-0.05, 0) is 35.4 Å². The number of fused-ring (bicyclic) bond motifs is 1. The van der Waals surface area contributed by atoms with E-state index in [2.05, 4.69) is 4.98 Å². The number of amides is 1. The van der Waals surface area contributed by atoms with Crippen molar-refractivity contribution in [1.82, 2.24) is 9.71 Å². The average Bonchev–Trinajstić information content (AvgIpc) is 3.32. The van der Waals surface area contributed by atoms with Gasteiger partial charge in [0.25, 0.3) is 5.91 Å². The fourth-order valence-electron chi connectivity index (χ4n) is 3.38. The number of aromatic nitrogens is 1. The van der Waals surface area contributed by atoms with Gasteiger partial charge in [0.15, 0.2) is 5.76 Å². The second kappa shape index (κ2) is 7.72. The maximum Gasteiger partial charge on any atom is 0.300 e. The monoisotopic (exact) mass is 424 g/mol. The average molecular weight is 424 g/mol. The van der Waals surface area contributed by atoms with Crippen LogP contribution in [0.15, 0.2) is 65.1 Å². The molecule has 7 nitrogen and oxygen atoms in total. The largest absolute Gasteiger partial charge is 0.497 e. The van der Waals surface area contributed by atoms with Crippen molar-refractivity contribution in [2.24, 2.45) is 0 Å². The molecule has 0 saturated carbocycles. The van der Waals surface area contributed by atoms with Gasteiger partial charge in [0, 0.05) is 23.4 Å². The van der Waals surface area contributed by atoms with Gasteiger partial charge in [-0.25, -0.2) is 13.1 Å². The minimum atomic E-state index is -3.67. The molecule has 2 N–H and O–H groups in total. The quantitative estimate of drug-likeness (QED) is 0.491. The minimum Gasteiger partial charge on any atom is -0.497 e. The van der Waals surface area contributed by atoms with Crippen LogP contribution in [0.5, 0.6) is 5.75 Å². The summed E-state index contributed by atoms with van der Waals surface area (Å²) < 4.78 is 35.5. The Balaban J connectivity index is 1.74. The molecule has 4 aromatic rings. The van der Waals surface area contributed by atoms with Crippen molar-refractivity contribution in [3.8, 4) is 17.0 Å². The number of nitrogens with one attached hydrogen (secondary N) is 2. The highest BCUT2D eigenvalue weighted by atomic mass is 32.2. The molecule has 0 saturated heterocycles. The highest BCUT2D eigenvalue weighted by molar-refractivity contribution is 7.89. The van der Waals surface area contributed by atoms with Gasteiger partial charge < -0.3 is 14.1 Å². The number of hydrogen-bond acceptors (Lipinski definition) is 5. The van der Waals surface area contributed by atoms with Crippen molar-refractivity contribution < 1.29 is 22.4 Å². The lowest BCUT2D eigenvalue weighted by Gasteiger charge is -2.04. The lowest BCUT2D eigenvalue weighted by atomic mass is 10.0. The number of carbonyl (C=O) groups is 1. The lowest BCUT2D eigenvalue weighted by molar-refractivity contribution is 0.0953. The van der Waals surface area contributed by atoms with Gasteiger partial charge in [-0.3, -0.25) is 4.79 Å². The molecule has 0 aliphatic rings. The van der Waals surface area contributed by atoms with E-state index in [9.17, 15) is 13.2 Å². The van der Waals surface area contributed by atoms with Gasteiger partial charge in [0.2, 0.25) is 10.0 Å². The molecule has 0 radical (unpaired) electrons. The van der Waals surface area contributed by atoms with E-state index in [1.54, 1.807) is 13.2 Å². The Morgan fingerprint density at radius 1 is 1.10 bits per heavy atom. The summed E-state index contributed by atoms with van der Waals surface area (Å²) in [6.45, 7) is 0. The maximum atomic E-state index is 12.0. The zero-order valence-electron chi connectivity index (χ0n) is 16.4. The fraction of sp³-hybridized carbons (Fsp3) is 0.136. The van der Waals surface area contributed by atoms with Gasteiger partial charge in [-0.1, -0.05) is 30.3 Å². The Morgan fingerprint density at radius 2 is 1.87 bits per heavy atom. The lowest BCUT2D eigenvalue weighted by Crippen LogP contribution is -2.28. The molecule has 0 atom stereocenters. The number of H-pyrrole nitrogens is 1. The molecule has 0 unspecified atom stereocenters. The third-order valence-electron chi connectivity index (χ3n) is 4.69. The van der Waals surface area contributed by atoms with Crippen LogP contribution in [0, 0.1) is 0 Å². The number of hydrogen-bond donors (Lipinski definition) is 2. The highest BCUT2D eigenvalue weighted by Crippen LogP contribution is 2.34. The summed E-state index contributed by atoms with van der Waals surface area (Å²) in [6, 6.07) is 18.8. The van der Waals surface area contributed by atoms with Crippen LogP contribution in [0.4, 0.5) is 0 Å². The van der Waals surface area contributed by atoms with Crippen molar-refractivity contribution in [3.63, 3.8) is 0 Å². The van der Waals surface area contributed by atoms with Crippen molar-refractivity contribution in [2.75, 3.05) is 13.4 Å². The Kier molecular flexibility index (Phi) is 5.09. The van der Waals surface area contributed by atoms with Crippen LogP contribution < -0.4 is 9.46 Å². The molecule has 0 spiro atoms. The molecule has 30 heavy (non-hydrogen) atoms. The van der Waals surface area contributed by atoms with E-state index in [4.69, 9.17) is 9.15 Å². The normalized spacial score (nSPS) is 11.5. The first-order valence-corrected chi connectivity index (χ1v) is 11.1. The molecule has 0 aliphatic carbocycles. The zero-order valence-corrected chi connectivity index (χ0v) is 17.2. The van der Waals surface area contributed by atoms with E-state index in [1.165, 1.54) is 6.07 Å². The first kappa shape index (κ1) is 19.8. The van der Waals surface area contributed by atoms with Gasteiger partial charge in [-0.15, -0.1) is 0 Å². The predicted octanol–water partition coefficient (Wildman–Crippen LogP) is 3.72. The number of rotatable bonds is 6. The van der Waals surface area contributed by atoms with Crippen LogP contribution in [-0.4, -0.2) is 32.7 Å². The Hall–Kier alpha value is -3.52. The Morgan fingerprint density at radius 3 is 2.57 bits per heavy atom. The molecule has 2 heterocycles. The van der Waals surface area contributed by atoms with Crippen molar-refractivity contribution in [1.29, 1.82) is 0 Å². The number of benzene rings is 2. The van der Waals surface area contributed by atoms with E-state index < -0.39 is 15.9 Å². The van der Waals surface area contributed by atoms with E-state index in [-0.39, 0.29) is 5.76 Å². The molecule has 0 bridgehead atoms. The summed E-state index contributed by atoms with van der Waals surface area (Å²) in [5.41, 5.74) is 3.88. The summed E-state index contributed by atoms with van der Waals surface area (Å²) in [7, 11) is -2.05. The van der Waals surface area contributed by atoms with Gasteiger partial charge >= 0.3 is 0 Å². The third kappa shape index (κ3) is 4.08. The molecule has 4 rings (SSSR count). The molecule has 0 aliphatic heterocycles. The molecule has 2 aromatic heterocycles. The van der Waals surface area contributed by atoms with Crippen LogP contribution in [0.2, 0.25) is 0 Å². The zero-order chi connectivity index (χ0) is 21.3. The van der Waals surface area contributed by atoms with Crippen LogP contribution in [0.1, 0.15) is 21.9 Å². The fourth-order valence-corrected chi connectivity index (χ4v) is 3.82. The Labute approximate surface area is 173 Å². The topological polar surface area (TPSA) is 101 Å². The number of carbonyl (C=O) groups excluding carboxylic acids is 1. The minimum absolute atomic E-state index is 0.0572. The molecule has 154 valence electrons. The first-order chi connectivity index (χ1) is 14.3. The summed E-state index contributed by atoms with van der Waals surface area (Å²) in [6.07, 6.45) is 1.34. The summed E-state index contributed by atoms with van der Waals surface area (Å²) >= 11 is 0. The van der Waals surface area contributed by atoms with E-state index in [0.29, 0.717) is 12.2 Å². The number of furan rings is 1. The SMILES string of the molecule is COc1ccc2c(Cc3ccc(C(=O)NS(C)(=O)=O)o3)c(-c3ccccc3)[nH]c2c1. The van der Waals surface area contributed by atoms with Crippen molar-refractivity contribution >= 4 is 26.8 Å². The van der Waals surface area contributed by atoms with Crippen LogP contribution in [-0.2, 0) is 16.4 Å². The van der Waals surface area contributed by atoms with Crippen molar-refractivity contribution in [3.05, 3.63) is 77.7 Å². The van der Waals surface area contributed by atoms with E-state index >= 15 is 0 Å². The molecular weight excluding hydrogens is 404 g/mol. The smallest absolute Gasteiger partial charge is 0.300 e. The Bertz CT molecular complexity index is 1320. The van der Waals surface area contributed by atoms with Gasteiger partial charge in [0.05, 0.1) is 19.1 Å². The maximum absolute atomic E-state index is 12.0. The molecule has 8 heteroatoms. The standard InChI is InChI=1S/C22H20N2O5S/c1-28-15-8-10-17-18(21(23-19(17)13-15)14-6-4-3-5-7-14)12-16-9-11-20(29-16)22(25)24-30(2,26)27/h3-11,13,23H,12H2,1-2H3,(H,24,25). The first-order valence-electron chi connectivity index (χ1n) is 9.19. The summed E-state index contributed by atoms with van der Waals surface area (Å²) in [5, 5.41) is 1.01. The third-order valence-corrected chi connectivity index (χ3v) is 5.25. The molecule has 1 amide bonds. The second-order valence-electron chi connectivity index (χ2n) is 6.90. The molecule has 0 fully saturated rings. The summed E-state index contributed by atoms with van der Waals surface area (Å²) in [5.74, 6) is 0.434. The number of ether oxygens (including phenoxy) is 1. The number of methoxy groups -OCH3 is 1.